The molecule has 3 rings (SSSR count). The average Bonchev–Trinajstić information content (AvgIpc) is 0.811. The zero-order valence-corrected chi connectivity index (χ0v) is 61.7. The molecule has 4 amide bonds. The predicted octanol–water partition coefficient (Wildman–Crippen LogP) is 1.13. The Morgan fingerprint density at radius 2 is 0.670 bits per heavy atom. The van der Waals surface area contributed by atoms with E-state index in [2.05, 4.69) is 21.3 Å². The molecule has 0 aliphatic carbocycles. The maximum atomic E-state index is 13.1. The second kappa shape index (κ2) is 47.2. The third-order valence-corrected chi connectivity index (χ3v) is 16.9. The van der Waals surface area contributed by atoms with Crippen LogP contribution >= 0.6 is 0 Å². The Balaban J connectivity index is 1.54. The van der Waals surface area contributed by atoms with E-state index < -0.39 is 164 Å². The summed E-state index contributed by atoms with van der Waals surface area (Å²) in [6.45, 7) is 18.3. The van der Waals surface area contributed by atoms with Crippen LogP contribution in [-0.2, 0) is 148 Å². The van der Waals surface area contributed by atoms with Crippen molar-refractivity contribution in [3.8, 4) is 0 Å². The van der Waals surface area contributed by atoms with Crippen LogP contribution in [0, 0.1) is 35.0 Å². The lowest BCUT2D eigenvalue weighted by atomic mass is 9.79. The molecule has 35 heteroatoms. The highest BCUT2D eigenvalue weighted by Gasteiger charge is 2.51. The highest BCUT2D eigenvalue weighted by molar-refractivity contribution is 5.81. The molecule has 4 N–H and O–H groups in total. The zero-order chi connectivity index (χ0) is 76.9. The van der Waals surface area contributed by atoms with Crippen LogP contribution in [0.15, 0.2) is 0 Å². The summed E-state index contributed by atoms with van der Waals surface area (Å²) in [6.07, 6.45) is -10.9. The van der Waals surface area contributed by atoms with Gasteiger partial charge in [-0.2, -0.15) is 0 Å². The summed E-state index contributed by atoms with van der Waals surface area (Å²) in [5.74, 6) is -9.71. The molecule has 3 aliphatic rings. The third kappa shape index (κ3) is 34.4. The van der Waals surface area contributed by atoms with Gasteiger partial charge in [0.1, 0.15) is 82.0 Å². The third-order valence-electron chi connectivity index (χ3n) is 16.9. The number of hydrogen-bond acceptors (Lipinski definition) is 31. The smallest absolute Gasteiger partial charge is 0.303 e. The topological polar surface area (TPSA) is 444 Å². The molecule has 586 valence electrons. The molecule has 16 atom stereocenters. The van der Waals surface area contributed by atoms with Gasteiger partial charge in [-0.25, -0.2) is 0 Å². The van der Waals surface area contributed by atoms with Crippen LogP contribution in [0.5, 0.6) is 0 Å². The quantitative estimate of drug-likeness (QED) is 0.0377. The Morgan fingerprint density at radius 1 is 0.350 bits per heavy atom. The first kappa shape index (κ1) is 89.8. The second-order valence-corrected chi connectivity index (χ2v) is 25.9. The standard InChI is InChI=1S/C68H108N4O31/c1-38(2)68(37-89-28-21-57(84)71-24-25-72-59(86)34-94-65-40(4)39(3)60(96-46(10)76)53(101-65)30-90-43(7)73,35-87-26-19-51(81)17-15-23-70-58(85)33-95-67-42(6)62(98-48(12)78)64(100-50(14)80)55(103-67)32-92-45(9)75)36-88-27-20-56(83)69-22-16-18-52(82)29-93-66-41(5)61(97-47(11)77)63(99-49(13)79)54(102-66)31-91-44(8)74/h38-42,53-55,60-67H,15-37H2,1-14H3,(H,69,83)(H,70,85)(H,71,84)(H,72,86). The highest BCUT2D eigenvalue weighted by Crippen LogP contribution is 2.36. The molecular formula is C68H108N4O31. The summed E-state index contributed by atoms with van der Waals surface area (Å²) in [5, 5.41) is 10.8. The molecule has 3 fully saturated rings. The van der Waals surface area contributed by atoms with Gasteiger partial charge in [-0.15, -0.1) is 0 Å². The first-order chi connectivity index (χ1) is 48.6. The number of esters is 8. The summed E-state index contributed by atoms with van der Waals surface area (Å²) < 4.78 is 96.0. The average molecular weight is 1480 g/mol. The van der Waals surface area contributed by atoms with Crippen LogP contribution in [0.2, 0.25) is 0 Å². The van der Waals surface area contributed by atoms with Crippen molar-refractivity contribution in [1.82, 2.24) is 21.3 Å². The van der Waals surface area contributed by atoms with E-state index in [1.165, 1.54) is 41.5 Å². The Morgan fingerprint density at radius 3 is 1.06 bits per heavy atom. The zero-order valence-electron chi connectivity index (χ0n) is 61.7. The van der Waals surface area contributed by atoms with Crippen molar-refractivity contribution in [2.45, 2.75) is 210 Å². The van der Waals surface area contributed by atoms with Crippen LogP contribution in [0.4, 0.5) is 0 Å². The van der Waals surface area contributed by atoms with Gasteiger partial charge >= 0.3 is 47.8 Å². The maximum absolute atomic E-state index is 13.1. The number of ether oxygens (including phenoxy) is 17. The van der Waals surface area contributed by atoms with E-state index in [1.807, 2.05) is 27.7 Å². The normalized spacial score (nSPS) is 25.1. The molecule has 0 aromatic rings. The number of amides is 4. The van der Waals surface area contributed by atoms with Crippen molar-refractivity contribution >= 4 is 82.9 Å². The van der Waals surface area contributed by atoms with Crippen molar-refractivity contribution in [2.75, 3.05) is 105 Å². The monoisotopic (exact) mass is 1480 g/mol. The van der Waals surface area contributed by atoms with Gasteiger partial charge in [0.05, 0.1) is 39.6 Å². The van der Waals surface area contributed by atoms with Crippen LogP contribution < -0.4 is 21.3 Å². The molecule has 0 spiro atoms. The molecule has 0 radical (unpaired) electrons. The van der Waals surface area contributed by atoms with E-state index >= 15 is 0 Å². The number of carbonyl (C=O) groups is 14. The number of nitrogens with one attached hydrogen (secondary N) is 4. The van der Waals surface area contributed by atoms with E-state index in [1.54, 1.807) is 13.8 Å². The summed E-state index contributed by atoms with van der Waals surface area (Å²) in [6, 6.07) is 0. The SMILES string of the molecule is CC(=O)OCC1OC(OCC(=O)NCCNC(=O)CCOCC(COCCC(=O)CCCNC(=O)COC2OC(COC(C)=O)C(OC(C)=O)C(OC(C)=O)C2C)(COCCC(=O)NCCCC(=O)COC2OC(COC(C)=O)C(OC(C)=O)C(OC(C)=O)C2C)C(C)C)C(C)C(C)C1OC(C)=O. The summed E-state index contributed by atoms with van der Waals surface area (Å²) >= 11 is 0. The van der Waals surface area contributed by atoms with Crippen molar-refractivity contribution in [3.05, 3.63) is 0 Å². The lowest BCUT2D eigenvalue weighted by Crippen LogP contribution is -2.58. The van der Waals surface area contributed by atoms with Crippen LogP contribution in [0.1, 0.15) is 142 Å². The van der Waals surface area contributed by atoms with Gasteiger partial charge in [0, 0.05) is 143 Å². The molecule has 103 heavy (non-hydrogen) atoms. The Labute approximate surface area is 600 Å². The predicted molar refractivity (Wildman–Crippen MR) is 352 cm³/mol. The molecule has 3 heterocycles. The largest absolute Gasteiger partial charge is 0.463 e. The lowest BCUT2D eigenvalue weighted by Gasteiger charge is -2.43. The fourth-order valence-corrected chi connectivity index (χ4v) is 11.1. The molecular weight excluding hydrogens is 1370 g/mol. The van der Waals surface area contributed by atoms with Crippen molar-refractivity contribution in [3.63, 3.8) is 0 Å². The van der Waals surface area contributed by atoms with Gasteiger partial charge in [-0.1, -0.05) is 41.5 Å². The Bertz CT molecular complexity index is 2660. The minimum Gasteiger partial charge on any atom is -0.463 e. The molecule has 0 bridgehead atoms. The number of Topliss-reactive ketones (excluding diaryl/α,β-unsaturated/α-hetero) is 2. The fourth-order valence-electron chi connectivity index (χ4n) is 11.1. The van der Waals surface area contributed by atoms with Crippen molar-refractivity contribution < 1.29 is 148 Å². The summed E-state index contributed by atoms with van der Waals surface area (Å²) in [7, 11) is 0. The Hall–Kier alpha value is -7.38. The van der Waals surface area contributed by atoms with E-state index in [4.69, 9.17) is 80.5 Å². The van der Waals surface area contributed by atoms with E-state index in [-0.39, 0.29) is 172 Å². The molecule has 16 unspecified atom stereocenters. The minimum atomic E-state index is -1.16. The molecule has 35 nitrogen and oxygen atoms in total. The van der Waals surface area contributed by atoms with E-state index in [0.29, 0.717) is 0 Å². The van der Waals surface area contributed by atoms with Gasteiger partial charge in [0.15, 0.2) is 36.9 Å². The van der Waals surface area contributed by atoms with E-state index in [9.17, 15) is 67.1 Å². The second-order valence-electron chi connectivity index (χ2n) is 25.9. The minimum absolute atomic E-state index is 0.00227. The van der Waals surface area contributed by atoms with Crippen LogP contribution in [-0.4, -0.2) is 256 Å². The van der Waals surface area contributed by atoms with Gasteiger partial charge in [0.25, 0.3) is 0 Å². The first-order valence-electron chi connectivity index (χ1n) is 34.5. The summed E-state index contributed by atoms with van der Waals surface area (Å²) in [4.78, 5) is 172. The number of ketones is 2. The van der Waals surface area contributed by atoms with Crippen LogP contribution in [0.3, 0.4) is 0 Å². The first-order valence-corrected chi connectivity index (χ1v) is 34.5. The molecule has 3 saturated heterocycles. The van der Waals surface area contributed by atoms with Gasteiger partial charge in [-0.3, -0.25) is 67.1 Å². The molecule has 3 aliphatic heterocycles. The fraction of sp³-hybridized carbons (Fsp3) is 0.794. The van der Waals surface area contributed by atoms with Crippen molar-refractivity contribution in [2.24, 2.45) is 35.0 Å². The maximum Gasteiger partial charge on any atom is 0.303 e. The lowest BCUT2D eigenvalue weighted by molar-refractivity contribution is -0.287. The van der Waals surface area contributed by atoms with Gasteiger partial charge in [0.2, 0.25) is 23.6 Å². The molecule has 0 aromatic heterocycles. The number of hydrogen-bond donors (Lipinski definition) is 4. The number of rotatable bonds is 47. The van der Waals surface area contributed by atoms with Gasteiger partial charge in [-0.05, 0) is 18.8 Å². The Kier molecular flexibility index (Phi) is 41.1. The van der Waals surface area contributed by atoms with E-state index in [0.717, 1.165) is 13.8 Å². The van der Waals surface area contributed by atoms with Crippen LogP contribution in [0.25, 0.3) is 0 Å². The van der Waals surface area contributed by atoms with Crippen molar-refractivity contribution in [1.29, 1.82) is 0 Å². The molecule has 0 saturated carbocycles. The highest BCUT2D eigenvalue weighted by atomic mass is 16.7. The van der Waals surface area contributed by atoms with Gasteiger partial charge < -0.3 is 102 Å². The number of carbonyl (C=O) groups excluding carboxylic acids is 14. The summed E-state index contributed by atoms with van der Waals surface area (Å²) in [5.41, 5.74) is -0.868. The molecule has 0 aromatic carbocycles.